The minimum Gasteiger partial charge on any atom is -0.497 e. The number of carbonyl (C=O) groups excluding carboxylic acids is 1. The number of fused-ring (bicyclic) bond motifs is 2. The zero-order valence-corrected chi connectivity index (χ0v) is 18.1. The van der Waals surface area contributed by atoms with Crippen molar-refractivity contribution in [2.45, 2.75) is 13.5 Å². The van der Waals surface area contributed by atoms with E-state index in [0.717, 1.165) is 21.6 Å². The lowest BCUT2D eigenvalue weighted by Gasteiger charge is -2.07. The molecule has 0 saturated carbocycles. The molecular weight excluding hydrogens is 428 g/mol. The first kappa shape index (κ1) is 20.0. The smallest absolute Gasteiger partial charge is 0.348 e. The predicted octanol–water partition coefficient (Wildman–Crippen LogP) is 4.87. The summed E-state index contributed by atoms with van der Waals surface area (Å²) in [7, 11) is 1.54. The Hall–Kier alpha value is -3.91. The number of hydrogen-bond donors (Lipinski definition) is 0. The second kappa shape index (κ2) is 7.97. The fraction of sp³-hybridized carbons (Fsp3) is 0.125. The first-order chi connectivity index (χ1) is 15.5. The average molecular weight is 446 g/mol. The molecule has 0 fully saturated rings. The Labute approximate surface area is 186 Å². The largest absolute Gasteiger partial charge is 0.497 e. The molecule has 0 spiro atoms. The highest BCUT2D eigenvalue weighted by Crippen LogP contribution is 2.31. The van der Waals surface area contributed by atoms with Crippen molar-refractivity contribution in [2.24, 2.45) is 0 Å². The Morgan fingerprint density at radius 3 is 2.69 bits per heavy atom. The molecule has 0 N–H and O–H groups in total. The van der Waals surface area contributed by atoms with E-state index in [0.29, 0.717) is 27.2 Å². The number of benzene rings is 2. The van der Waals surface area contributed by atoms with Gasteiger partial charge in [-0.05, 0) is 37.3 Å². The Balaban J connectivity index is 1.43. The molecule has 0 saturated heterocycles. The maximum absolute atomic E-state index is 12.8. The van der Waals surface area contributed by atoms with Crippen molar-refractivity contribution in [3.05, 3.63) is 87.2 Å². The molecule has 8 heteroatoms. The third-order valence-electron chi connectivity index (χ3n) is 5.14. The fourth-order valence-corrected chi connectivity index (χ4v) is 4.64. The Morgan fingerprint density at radius 1 is 1.09 bits per heavy atom. The molecule has 0 aliphatic rings. The van der Waals surface area contributed by atoms with E-state index in [-0.39, 0.29) is 6.61 Å². The van der Waals surface area contributed by atoms with E-state index in [4.69, 9.17) is 13.9 Å². The number of methoxy groups -OCH3 is 1. The summed E-state index contributed by atoms with van der Waals surface area (Å²) in [6.45, 7) is 1.86. The molecule has 0 aliphatic heterocycles. The molecule has 0 aliphatic carbocycles. The van der Waals surface area contributed by atoms with Gasteiger partial charge in [0, 0.05) is 28.5 Å². The minimum absolute atomic E-state index is 0.0503. The SMILES string of the molecule is COc1ccc2c(COC(=O)c3cc4c(C)nn(-c5ccccc5)c4s3)cc(=O)oc2c1. The average Bonchev–Trinajstić information content (AvgIpc) is 3.38. The summed E-state index contributed by atoms with van der Waals surface area (Å²) < 4.78 is 17.8. The number of aryl methyl sites for hydroxylation is 1. The lowest BCUT2D eigenvalue weighted by Crippen LogP contribution is -2.07. The first-order valence-corrected chi connectivity index (χ1v) is 10.7. The van der Waals surface area contributed by atoms with E-state index in [1.807, 2.05) is 41.9 Å². The van der Waals surface area contributed by atoms with Gasteiger partial charge in [0.15, 0.2) is 0 Å². The normalized spacial score (nSPS) is 11.2. The molecule has 5 rings (SSSR count). The van der Waals surface area contributed by atoms with Gasteiger partial charge >= 0.3 is 11.6 Å². The second-order valence-electron chi connectivity index (χ2n) is 7.19. The Morgan fingerprint density at radius 2 is 1.91 bits per heavy atom. The van der Waals surface area contributed by atoms with Gasteiger partial charge in [0.2, 0.25) is 0 Å². The quantitative estimate of drug-likeness (QED) is 0.283. The van der Waals surface area contributed by atoms with Crippen molar-refractivity contribution in [1.82, 2.24) is 9.78 Å². The minimum atomic E-state index is -0.516. The van der Waals surface area contributed by atoms with Crippen LogP contribution in [0, 0.1) is 6.92 Å². The number of ether oxygens (including phenoxy) is 2. The van der Waals surface area contributed by atoms with Crippen molar-refractivity contribution in [2.75, 3.05) is 7.11 Å². The van der Waals surface area contributed by atoms with E-state index in [9.17, 15) is 9.59 Å². The molecule has 3 heterocycles. The van der Waals surface area contributed by atoms with Gasteiger partial charge in [-0.3, -0.25) is 0 Å². The van der Waals surface area contributed by atoms with Gasteiger partial charge in [-0.1, -0.05) is 18.2 Å². The summed E-state index contributed by atoms with van der Waals surface area (Å²) >= 11 is 1.32. The number of thiophene rings is 1. The summed E-state index contributed by atoms with van der Waals surface area (Å²) in [5, 5.41) is 6.18. The van der Waals surface area contributed by atoms with Crippen LogP contribution in [-0.4, -0.2) is 22.9 Å². The van der Waals surface area contributed by atoms with Crippen LogP contribution in [-0.2, 0) is 11.3 Å². The lowest BCUT2D eigenvalue weighted by atomic mass is 10.1. The number of aromatic nitrogens is 2. The summed E-state index contributed by atoms with van der Waals surface area (Å²) in [6.07, 6.45) is 0. The molecule has 0 radical (unpaired) electrons. The number of hydrogen-bond acceptors (Lipinski definition) is 7. The van der Waals surface area contributed by atoms with Gasteiger partial charge in [-0.2, -0.15) is 5.10 Å². The molecule has 3 aromatic heterocycles. The molecule has 0 atom stereocenters. The number of rotatable bonds is 5. The summed E-state index contributed by atoms with van der Waals surface area (Å²) in [6, 6.07) is 18.1. The zero-order chi connectivity index (χ0) is 22.2. The van der Waals surface area contributed by atoms with E-state index in [1.165, 1.54) is 24.5 Å². The topological polar surface area (TPSA) is 83.6 Å². The van der Waals surface area contributed by atoms with Crippen LogP contribution in [0.1, 0.15) is 20.9 Å². The van der Waals surface area contributed by atoms with Crippen LogP contribution in [0.3, 0.4) is 0 Å². The van der Waals surface area contributed by atoms with E-state index in [1.54, 1.807) is 24.3 Å². The molecule has 0 unspecified atom stereocenters. The molecular formula is C24H18N2O5S. The van der Waals surface area contributed by atoms with Crippen molar-refractivity contribution in [3.63, 3.8) is 0 Å². The molecule has 32 heavy (non-hydrogen) atoms. The molecule has 7 nitrogen and oxygen atoms in total. The van der Waals surface area contributed by atoms with Gasteiger partial charge < -0.3 is 13.9 Å². The maximum atomic E-state index is 12.8. The Kier molecular flexibility index (Phi) is 4.99. The van der Waals surface area contributed by atoms with Crippen LogP contribution >= 0.6 is 11.3 Å². The van der Waals surface area contributed by atoms with Gasteiger partial charge in [-0.25, -0.2) is 14.3 Å². The second-order valence-corrected chi connectivity index (χ2v) is 8.22. The monoisotopic (exact) mass is 446 g/mol. The van der Waals surface area contributed by atoms with Crippen LogP contribution in [0.15, 0.2) is 69.9 Å². The molecule has 5 aromatic rings. The molecule has 0 bridgehead atoms. The molecule has 2 aromatic carbocycles. The van der Waals surface area contributed by atoms with Crippen molar-refractivity contribution in [1.29, 1.82) is 0 Å². The highest BCUT2D eigenvalue weighted by atomic mass is 32.1. The highest BCUT2D eigenvalue weighted by Gasteiger charge is 2.19. The van der Waals surface area contributed by atoms with Gasteiger partial charge in [0.05, 0.1) is 18.5 Å². The van der Waals surface area contributed by atoms with Crippen LogP contribution in [0.2, 0.25) is 0 Å². The number of esters is 1. The fourth-order valence-electron chi connectivity index (χ4n) is 3.56. The number of para-hydroxylation sites is 1. The van der Waals surface area contributed by atoms with Crippen LogP contribution < -0.4 is 10.4 Å². The third-order valence-corrected chi connectivity index (χ3v) is 6.23. The standard InChI is InChI=1S/C24H18N2O5S/c1-14-19-12-21(32-23(19)26(25-14)16-6-4-3-5-7-16)24(28)30-13-15-10-22(27)31-20-11-17(29-2)8-9-18(15)20/h3-12H,13H2,1-2H3. The summed E-state index contributed by atoms with van der Waals surface area (Å²) in [5.74, 6) is 0.114. The summed E-state index contributed by atoms with van der Waals surface area (Å²) in [4.78, 5) is 26.1. The van der Waals surface area contributed by atoms with Gasteiger partial charge in [0.1, 0.15) is 27.6 Å². The Bertz CT molecular complexity index is 1510. The van der Waals surface area contributed by atoms with Gasteiger partial charge in [-0.15, -0.1) is 11.3 Å². The lowest BCUT2D eigenvalue weighted by molar-refractivity contribution is 0.0479. The van der Waals surface area contributed by atoms with Crippen molar-refractivity contribution >= 4 is 38.5 Å². The molecule has 0 amide bonds. The van der Waals surface area contributed by atoms with Crippen LogP contribution in [0.25, 0.3) is 26.9 Å². The predicted molar refractivity (Wildman–Crippen MR) is 122 cm³/mol. The third kappa shape index (κ3) is 3.54. The first-order valence-electron chi connectivity index (χ1n) is 9.86. The van der Waals surface area contributed by atoms with Gasteiger partial charge in [0.25, 0.3) is 0 Å². The van der Waals surface area contributed by atoms with Crippen LogP contribution in [0.4, 0.5) is 0 Å². The number of nitrogens with zero attached hydrogens (tertiary/aromatic N) is 2. The van der Waals surface area contributed by atoms with Crippen LogP contribution in [0.5, 0.6) is 5.75 Å². The zero-order valence-electron chi connectivity index (χ0n) is 17.3. The summed E-state index contributed by atoms with van der Waals surface area (Å²) in [5.41, 5.74) is 2.19. The van der Waals surface area contributed by atoms with E-state index >= 15 is 0 Å². The van der Waals surface area contributed by atoms with Crippen molar-refractivity contribution in [3.8, 4) is 11.4 Å². The highest BCUT2D eigenvalue weighted by molar-refractivity contribution is 7.20. The van der Waals surface area contributed by atoms with E-state index in [2.05, 4.69) is 5.10 Å². The maximum Gasteiger partial charge on any atom is 0.348 e. The molecule has 160 valence electrons. The van der Waals surface area contributed by atoms with Crippen molar-refractivity contribution < 1.29 is 18.7 Å². The number of carbonyl (C=O) groups is 1. The van der Waals surface area contributed by atoms with E-state index < -0.39 is 11.6 Å².